The molecule has 2 rings (SSSR count). The molecule has 17 heavy (non-hydrogen) atoms. The molecule has 0 saturated heterocycles. The first-order chi connectivity index (χ1) is 8.16. The van der Waals surface area contributed by atoms with Gasteiger partial charge in [0.2, 0.25) is 0 Å². The molecule has 0 aliphatic heterocycles. The molecule has 1 aromatic carbocycles. The summed E-state index contributed by atoms with van der Waals surface area (Å²) in [6, 6.07) is 6.88. The Kier molecular flexibility index (Phi) is 2.95. The third-order valence-corrected chi connectivity index (χ3v) is 2.13. The van der Waals surface area contributed by atoms with Gasteiger partial charge in [-0.2, -0.15) is 0 Å². The Morgan fingerprint density at radius 1 is 1.41 bits per heavy atom. The fraction of sp³-hybridized carbons (Fsp3) is 0.0909. The Balaban J connectivity index is 2.30. The molecule has 0 saturated carbocycles. The van der Waals surface area contributed by atoms with E-state index in [0.29, 0.717) is 5.39 Å². The molecule has 86 valence electrons. The van der Waals surface area contributed by atoms with Gasteiger partial charge in [0.1, 0.15) is 5.75 Å². The zero-order valence-electron chi connectivity index (χ0n) is 8.70. The van der Waals surface area contributed by atoms with Crippen LogP contribution in [0.15, 0.2) is 36.7 Å². The number of nitrogens with zero attached hydrogens (tertiary/aromatic N) is 2. The van der Waals surface area contributed by atoms with E-state index in [2.05, 4.69) is 4.98 Å². The average Bonchev–Trinajstić information content (AvgIpc) is 2.28. The largest absolute Gasteiger partial charge is 0.421 e. The molecule has 6 heteroatoms. The van der Waals surface area contributed by atoms with Gasteiger partial charge >= 0.3 is 5.97 Å². The number of pyridine rings is 1. The molecule has 0 atom stereocenters. The highest BCUT2D eigenvalue weighted by atomic mass is 16.6. The van der Waals surface area contributed by atoms with E-state index >= 15 is 0 Å². The van der Waals surface area contributed by atoms with Gasteiger partial charge in [0.15, 0.2) is 0 Å². The number of esters is 1. The topological polar surface area (TPSA) is 82.3 Å². The Hall–Kier alpha value is -2.50. The number of nitro groups is 1. The first-order valence-corrected chi connectivity index (χ1v) is 4.82. The van der Waals surface area contributed by atoms with Gasteiger partial charge in [-0.05, 0) is 17.5 Å². The van der Waals surface area contributed by atoms with Crippen LogP contribution >= 0.6 is 0 Å². The normalized spacial score (nSPS) is 10.1. The summed E-state index contributed by atoms with van der Waals surface area (Å²) in [5.41, 5.74) is 0. The lowest BCUT2D eigenvalue weighted by atomic mass is 10.1. The lowest BCUT2D eigenvalue weighted by molar-refractivity contribution is -0.469. The number of hydrogen-bond acceptors (Lipinski definition) is 5. The van der Waals surface area contributed by atoms with E-state index in [0.717, 1.165) is 5.39 Å². The number of carbonyl (C=O) groups excluding carboxylic acids is 1. The average molecular weight is 232 g/mol. The molecule has 1 heterocycles. The standard InChI is InChI=1S/C11H8N2O4/c14-11(7-13(15)16)17-10-3-1-2-8-4-5-12-6-9(8)10/h1-6H,7H2. The Morgan fingerprint density at radius 2 is 2.24 bits per heavy atom. The van der Waals surface area contributed by atoms with Crippen LogP contribution in [-0.2, 0) is 4.79 Å². The molecule has 0 aliphatic rings. The molecule has 0 N–H and O–H groups in total. The van der Waals surface area contributed by atoms with Gasteiger partial charge in [0.25, 0.3) is 6.54 Å². The van der Waals surface area contributed by atoms with Gasteiger partial charge < -0.3 is 4.74 Å². The molecule has 1 aromatic heterocycles. The summed E-state index contributed by atoms with van der Waals surface area (Å²) in [7, 11) is 0. The number of hydrogen-bond donors (Lipinski definition) is 0. The van der Waals surface area contributed by atoms with Gasteiger partial charge in [-0.25, -0.2) is 4.79 Å². The van der Waals surface area contributed by atoms with E-state index in [1.807, 2.05) is 6.07 Å². The Bertz CT molecular complexity index is 577. The van der Waals surface area contributed by atoms with Gasteiger partial charge in [0, 0.05) is 22.7 Å². The van der Waals surface area contributed by atoms with Crippen LogP contribution in [0.3, 0.4) is 0 Å². The Morgan fingerprint density at radius 3 is 3.00 bits per heavy atom. The lowest BCUT2D eigenvalue weighted by Crippen LogP contribution is -2.19. The molecule has 0 bridgehead atoms. The number of benzene rings is 1. The number of rotatable bonds is 3. The maximum Gasteiger partial charge on any atom is 0.383 e. The van der Waals surface area contributed by atoms with Crippen molar-refractivity contribution in [3.05, 3.63) is 46.8 Å². The maximum absolute atomic E-state index is 11.2. The second-order valence-electron chi connectivity index (χ2n) is 3.32. The number of ether oxygens (including phenoxy) is 1. The van der Waals surface area contributed by atoms with Gasteiger partial charge in [-0.15, -0.1) is 0 Å². The van der Waals surface area contributed by atoms with Crippen molar-refractivity contribution in [1.29, 1.82) is 0 Å². The van der Waals surface area contributed by atoms with Crippen molar-refractivity contribution < 1.29 is 14.5 Å². The second kappa shape index (κ2) is 4.56. The SMILES string of the molecule is O=C(C[N+](=O)[O-])Oc1cccc2ccncc12. The number of fused-ring (bicyclic) bond motifs is 1. The number of carbonyl (C=O) groups is 1. The van der Waals surface area contributed by atoms with Crippen LogP contribution in [0.1, 0.15) is 0 Å². The second-order valence-corrected chi connectivity index (χ2v) is 3.32. The van der Waals surface area contributed by atoms with Gasteiger partial charge in [-0.3, -0.25) is 15.1 Å². The summed E-state index contributed by atoms with van der Waals surface area (Å²) in [6.07, 6.45) is 3.16. The molecule has 0 radical (unpaired) electrons. The van der Waals surface area contributed by atoms with Crippen molar-refractivity contribution in [3.8, 4) is 5.75 Å². The highest BCUT2D eigenvalue weighted by molar-refractivity contribution is 5.89. The van der Waals surface area contributed by atoms with Crippen molar-refractivity contribution >= 4 is 16.7 Å². The van der Waals surface area contributed by atoms with Crippen LogP contribution in [0.2, 0.25) is 0 Å². The van der Waals surface area contributed by atoms with Crippen LogP contribution < -0.4 is 4.74 Å². The minimum atomic E-state index is -0.897. The molecule has 2 aromatic rings. The molecule has 0 aliphatic carbocycles. The summed E-state index contributed by atoms with van der Waals surface area (Å²) in [6.45, 7) is -0.851. The summed E-state index contributed by atoms with van der Waals surface area (Å²) < 4.78 is 4.92. The summed E-state index contributed by atoms with van der Waals surface area (Å²) in [5, 5.41) is 11.7. The van der Waals surface area contributed by atoms with Crippen LogP contribution in [0.25, 0.3) is 10.8 Å². The zero-order chi connectivity index (χ0) is 12.3. The molecule has 0 amide bonds. The summed E-state index contributed by atoms with van der Waals surface area (Å²) >= 11 is 0. The van der Waals surface area contributed by atoms with Crippen LogP contribution in [0.4, 0.5) is 0 Å². The first-order valence-electron chi connectivity index (χ1n) is 4.82. The summed E-state index contributed by atoms with van der Waals surface area (Å²) in [4.78, 5) is 24.5. The molecule has 0 unspecified atom stereocenters. The highest BCUT2D eigenvalue weighted by Gasteiger charge is 2.13. The Labute approximate surface area is 96.0 Å². The van der Waals surface area contributed by atoms with E-state index in [4.69, 9.17) is 4.74 Å². The zero-order valence-corrected chi connectivity index (χ0v) is 8.70. The molecular formula is C11H8N2O4. The van der Waals surface area contributed by atoms with E-state index < -0.39 is 17.4 Å². The number of aromatic nitrogens is 1. The molecule has 6 nitrogen and oxygen atoms in total. The van der Waals surface area contributed by atoms with Crippen molar-refractivity contribution in [1.82, 2.24) is 4.98 Å². The third kappa shape index (κ3) is 2.54. The monoisotopic (exact) mass is 232 g/mol. The molecular weight excluding hydrogens is 224 g/mol. The van der Waals surface area contributed by atoms with Gasteiger partial charge in [-0.1, -0.05) is 12.1 Å². The first kappa shape index (κ1) is 11.0. The van der Waals surface area contributed by atoms with Gasteiger partial charge in [0.05, 0.1) is 0 Å². The van der Waals surface area contributed by atoms with Crippen LogP contribution in [0.5, 0.6) is 5.75 Å². The third-order valence-electron chi connectivity index (χ3n) is 2.13. The predicted molar refractivity (Wildman–Crippen MR) is 59.2 cm³/mol. The quantitative estimate of drug-likeness (QED) is 0.346. The van der Waals surface area contributed by atoms with Crippen LogP contribution in [0, 0.1) is 10.1 Å². The van der Waals surface area contributed by atoms with E-state index in [-0.39, 0.29) is 5.75 Å². The van der Waals surface area contributed by atoms with Crippen molar-refractivity contribution in [3.63, 3.8) is 0 Å². The van der Waals surface area contributed by atoms with Crippen molar-refractivity contribution in [2.24, 2.45) is 0 Å². The smallest absolute Gasteiger partial charge is 0.383 e. The van der Waals surface area contributed by atoms with Crippen molar-refractivity contribution in [2.75, 3.05) is 6.54 Å². The minimum Gasteiger partial charge on any atom is -0.421 e. The van der Waals surface area contributed by atoms with E-state index in [9.17, 15) is 14.9 Å². The molecule has 0 fully saturated rings. The van der Waals surface area contributed by atoms with Crippen molar-refractivity contribution in [2.45, 2.75) is 0 Å². The maximum atomic E-state index is 11.2. The fourth-order valence-corrected chi connectivity index (χ4v) is 1.43. The van der Waals surface area contributed by atoms with Crippen LogP contribution in [-0.4, -0.2) is 22.4 Å². The minimum absolute atomic E-state index is 0.280. The highest BCUT2D eigenvalue weighted by Crippen LogP contribution is 2.24. The lowest BCUT2D eigenvalue weighted by Gasteiger charge is -2.05. The fourth-order valence-electron chi connectivity index (χ4n) is 1.43. The van der Waals surface area contributed by atoms with E-state index in [1.165, 1.54) is 0 Å². The summed E-state index contributed by atoms with van der Waals surface area (Å²) in [5.74, 6) is -0.617. The molecule has 0 spiro atoms. The predicted octanol–water partition coefficient (Wildman–Crippen LogP) is 1.42. The van der Waals surface area contributed by atoms with E-state index in [1.54, 1.807) is 30.6 Å².